The van der Waals surface area contributed by atoms with Crippen molar-refractivity contribution in [2.45, 2.75) is 11.4 Å². The van der Waals surface area contributed by atoms with Crippen LogP contribution in [-0.2, 0) is 33.5 Å². The van der Waals surface area contributed by atoms with E-state index in [-0.39, 0.29) is 47.0 Å². The lowest BCUT2D eigenvalue weighted by Crippen LogP contribution is -2.71. The van der Waals surface area contributed by atoms with Gasteiger partial charge in [-0.25, -0.2) is 14.6 Å². The van der Waals surface area contributed by atoms with Crippen LogP contribution in [0.15, 0.2) is 33.6 Å². The molecule has 0 bridgehead atoms. The molecule has 174 valence electrons. The summed E-state index contributed by atoms with van der Waals surface area (Å²) in [5, 5.41) is 17.0. The molecule has 1 aromatic heterocycles. The lowest BCUT2D eigenvalue weighted by Gasteiger charge is -2.48. The van der Waals surface area contributed by atoms with Crippen LogP contribution in [0.5, 0.6) is 0 Å². The summed E-state index contributed by atoms with van der Waals surface area (Å²) in [5.74, 6) is -2.95. The Morgan fingerprint density at radius 1 is 1.45 bits per heavy atom. The molecule has 1 aromatic rings. The molecule has 15 heteroatoms. The minimum absolute atomic E-state index is 0.0428. The van der Waals surface area contributed by atoms with Gasteiger partial charge in [0.15, 0.2) is 16.5 Å². The highest BCUT2D eigenvalue weighted by Gasteiger charge is 2.55. The Balaban J connectivity index is 1.48. The largest absolute Gasteiger partial charge is 0.490 e. The Morgan fingerprint density at radius 3 is 2.85 bits per heavy atom. The number of aromatic nitrogens is 1. The number of carbonyl (C=O) groups is 4. The number of thioether (sulfide) groups is 1. The van der Waals surface area contributed by atoms with E-state index in [0.717, 1.165) is 16.2 Å². The number of β-lactam (4-membered cyclic amide) rings is 1. The third-order valence-corrected chi connectivity index (χ3v) is 6.67. The Bertz CT molecular complexity index is 1130. The van der Waals surface area contributed by atoms with E-state index in [1.54, 1.807) is 0 Å². The Hall–Kier alpha value is -3.59. The van der Waals surface area contributed by atoms with Gasteiger partial charge in [-0.15, -0.1) is 23.1 Å². The topological polar surface area (TPSA) is 183 Å². The average molecular weight is 495 g/mol. The van der Waals surface area contributed by atoms with Crippen molar-refractivity contribution in [1.82, 2.24) is 15.2 Å². The Labute approximate surface area is 194 Å². The monoisotopic (exact) mass is 495 g/mol. The van der Waals surface area contributed by atoms with E-state index in [9.17, 15) is 24.3 Å². The van der Waals surface area contributed by atoms with Gasteiger partial charge < -0.3 is 30.5 Å². The van der Waals surface area contributed by atoms with Crippen molar-refractivity contribution in [3.63, 3.8) is 0 Å². The maximum atomic E-state index is 12.8. The second-order valence-corrected chi connectivity index (χ2v) is 8.82. The minimum Gasteiger partial charge on any atom is -0.490 e. The summed E-state index contributed by atoms with van der Waals surface area (Å²) in [7, 11) is 1.26. The molecular formula is C18H17N5O8S2. The predicted molar refractivity (Wildman–Crippen MR) is 115 cm³/mol. The van der Waals surface area contributed by atoms with Crippen molar-refractivity contribution in [3.05, 3.63) is 34.2 Å². The molecular weight excluding hydrogens is 478 g/mol. The van der Waals surface area contributed by atoms with E-state index >= 15 is 0 Å². The van der Waals surface area contributed by atoms with Crippen LogP contribution in [0.3, 0.4) is 0 Å². The van der Waals surface area contributed by atoms with Crippen LogP contribution in [0.4, 0.5) is 5.13 Å². The first-order valence-corrected chi connectivity index (χ1v) is 11.3. The number of nitrogens with zero attached hydrogens (tertiary/aromatic N) is 3. The highest BCUT2D eigenvalue weighted by molar-refractivity contribution is 8.00. The van der Waals surface area contributed by atoms with Crippen molar-refractivity contribution in [3.8, 4) is 0 Å². The molecule has 3 aliphatic heterocycles. The Kier molecular flexibility index (Phi) is 6.24. The maximum Gasteiger partial charge on any atom is 0.356 e. The number of carboxylic acids is 1. The molecule has 4 heterocycles. The summed E-state index contributed by atoms with van der Waals surface area (Å²) in [6.07, 6.45) is 1.27. The second-order valence-electron chi connectivity index (χ2n) is 6.83. The molecule has 13 nitrogen and oxygen atoms in total. The van der Waals surface area contributed by atoms with Crippen LogP contribution in [0, 0.1) is 0 Å². The third-order valence-electron chi connectivity index (χ3n) is 4.74. The zero-order chi connectivity index (χ0) is 23.7. The SMILES string of the molecule is CO/N=C(\C(=O)N[C@@H]1C(=O)N2C(C(=O)O)=C(OCC3=CC(=O)OC3)CS[C@H]12)c1csc(N)n1. The van der Waals surface area contributed by atoms with Crippen LogP contribution in [0.1, 0.15) is 5.69 Å². The fourth-order valence-corrected chi connectivity index (χ4v) is 5.11. The molecule has 3 aliphatic rings. The minimum atomic E-state index is -1.35. The van der Waals surface area contributed by atoms with Gasteiger partial charge >= 0.3 is 11.9 Å². The molecule has 0 spiro atoms. The summed E-state index contributed by atoms with van der Waals surface area (Å²) >= 11 is 2.33. The van der Waals surface area contributed by atoms with Crippen LogP contribution in [-0.4, -0.2) is 81.9 Å². The molecule has 4 N–H and O–H groups in total. The quantitative estimate of drug-likeness (QED) is 0.179. The van der Waals surface area contributed by atoms with Crippen molar-refractivity contribution < 1.29 is 38.6 Å². The van der Waals surface area contributed by atoms with Crippen molar-refractivity contribution >= 4 is 57.7 Å². The fraction of sp³-hybridized carbons (Fsp3) is 0.333. The average Bonchev–Trinajstić information content (AvgIpc) is 3.40. The first kappa shape index (κ1) is 22.6. The highest BCUT2D eigenvalue weighted by atomic mass is 32.2. The number of anilines is 1. The second kappa shape index (κ2) is 9.11. The van der Waals surface area contributed by atoms with Crippen molar-refractivity contribution in [2.75, 3.05) is 31.8 Å². The molecule has 2 amide bonds. The van der Waals surface area contributed by atoms with Gasteiger partial charge in [0, 0.05) is 17.0 Å². The number of nitrogens with one attached hydrogen (secondary N) is 1. The standard InChI is InChI=1S/C18H17N5O8S2/c1-29-22-11(8-5-33-18(19)20-8)14(25)21-12-15(26)23-13(17(27)28)9(6-32-16(12)23)30-3-7-2-10(24)31-4-7/h2,5,12,16H,3-4,6H2,1H3,(H2,19,20)(H,21,25)(H,27,28)/b22-11-/t12-,16-/m1/s1. The normalized spacial score (nSPS) is 22.3. The van der Waals surface area contributed by atoms with Gasteiger partial charge in [-0.1, -0.05) is 5.16 Å². The molecule has 0 aliphatic carbocycles. The number of carbonyl (C=O) groups excluding carboxylic acids is 3. The number of carboxylic acid groups (broad SMARTS) is 1. The lowest BCUT2D eigenvalue weighted by molar-refractivity contribution is -0.150. The fourth-order valence-electron chi connectivity index (χ4n) is 3.28. The van der Waals surface area contributed by atoms with Gasteiger partial charge in [-0.2, -0.15) is 0 Å². The van der Waals surface area contributed by atoms with E-state index < -0.39 is 35.2 Å². The number of nitrogen functional groups attached to an aromatic ring is 1. The summed E-state index contributed by atoms with van der Waals surface area (Å²) in [6, 6.07) is -0.986. The van der Waals surface area contributed by atoms with Crippen LogP contribution in [0.25, 0.3) is 0 Å². The molecule has 0 unspecified atom stereocenters. The Morgan fingerprint density at radius 2 is 2.24 bits per heavy atom. The zero-order valence-electron chi connectivity index (χ0n) is 17.0. The molecule has 0 saturated carbocycles. The van der Waals surface area contributed by atoms with E-state index in [0.29, 0.717) is 5.57 Å². The van der Waals surface area contributed by atoms with E-state index in [2.05, 4.69) is 15.5 Å². The van der Waals surface area contributed by atoms with Gasteiger partial charge in [0.25, 0.3) is 11.8 Å². The number of rotatable bonds is 8. The summed E-state index contributed by atoms with van der Waals surface area (Å²) in [4.78, 5) is 58.3. The first-order chi connectivity index (χ1) is 15.8. The highest BCUT2D eigenvalue weighted by Crippen LogP contribution is 2.40. The number of nitrogens with two attached hydrogens (primary N) is 1. The van der Waals surface area contributed by atoms with Crippen molar-refractivity contribution in [1.29, 1.82) is 0 Å². The number of oxime groups is 1. The van der Waals surface area contributed by atoms with Gasteiger partial charge in [0.05, 0.1) is 5.75 Å². The molecule has 1 saturated heterocycles. The number of hydrogen-bond donors (Lipinski definition) is 3. The third kappa shape index (κ3) is 4.36. The lowest BCUT2D eigenvalue weighted by atomic mass is 10.0. The number of esters is 1. The van der Waals surface area contributed by atoms with E-state index in [1.165, 1.54) is 30.3 Å². The number of thiazole rings is 1. The van der Waals surface area contributed by atoms with Crippen LogP contribution < -0.4 is 11.1 Å². The number of aliphatic carboxylic acids is 1. The molecule has 0 radical (unpaired) electrons. The molecule has 2 atom stereocenters. The van der Waals surface area contributed by atoms with E-state index in [4.69, 9.17) is 20.0 Å². The number of amides is 2. The molecule has 1 fully saturated rings. The predicted octanol–water partition coefficient (Wildman–Crippen LogP) is -0.728. The van der Waals surface area contributed by atoms with Crippen molar-refractivity contribution in [2.24, 2.45) is 5.16 Å². The van der Waals surface area contributed by atoms with Crippen LogP contribution >= 0.6 is 23.1 Å². The molecule has 33 heavy (non-hydrogen) atoms. The molecule has 0 aromatic carbocycles. The van der Waals surface area contributed by atoms with Gasteiger partial charge in [-0.05, 0) is 0 Å². The summed E-state index contributed by atoms with van der Waals surface area (Å²) in [6.45, 7) is 0.0237. The first-order valence-electron chi connectivity index (χ1n) is 9.33. The van der Waals surface area contributed by atoms with Gasteiger partial charge in [0.1, 0.15) is 43.2 Å². The summed E-state index contributed by atoms with van der Waals surface area (Å²) < 4.78 is 10.4. The number of hydrogen-bond acceptors (Lipinski definition) is 12. The number of ether oxygens (including phenoxy) is 2. The van der Waals surface area contributed by atoms with Crippen LogP contribution in [0.2, 0.25) is 0 Å². The number of cyclic esters (lactones) is 1. The maximum absolute atomic E-state index is 12.8. The summed E-state index contributed by atoms with van der Waals surface area (Å²) in [5.41, 5.74) is 5.86. The zero-order valence-corrected chi connectivity index (χ0v) is 18.6. The molecule has 4 rings (SSSR count). The van der Waals surface area contributed by atoms with E-state index in [1.807, 2.05) is 0 Å². The number of fused-ring (bicyclic) bond motifs is 1. The smallest absolute Gasteiger partial charge is 0.356 e. The van der Waals surface area contributed by atoms with Gasteiger partial charge in [0.2, 0.25) is 0 Å². The van der Waals surface area contributed by atoms with Gasteiger partial charge in [-0.3, -0.25) is 14.5 Å².